The quantitative estimate of drug-likeness (QED) is 0.567. The Labute approximate surface area is 171 Å². The number of nitrogens with zero attached hydrogens (tertiary/aromatic N) is 1. The molecule has 29 heavy (non-hydrogen) atoms. The van der Waals surface area contributed by atoms with E-state index in [1.807, 2.05) is 43.4 Å². The predicted molar refractivity (Wildman–Crippen MR) is 115 cm³/mol. The van der Waals surface area contributed by atoms with Gasteiger partial charge in [0.05, 0.1) is 21.3 Å². The van der Waals surface area contributed by atoms with Crippen molar-refractivity contribution in [1.82, 2.24) is 4.90 Å². The standard InChI is InChI=1S/C24H27NO4/c1-25(16-18-5-8-20-15-21(27-2)10-9-19(20)13-18)24(26)12-7-17-6-11-22(28-3)23(14-17)29-4/h5-6,8-11,13-15H,7,12,16H2,1-4H3. The van der Waals surface area contributed by atoms with E-state index in [-0.39, 0.29) is 5.91 Å². The minimum atomic E-state index is 0.106. The highest BCUT2D eigenvalue weighted by Gasteiger charge is 2.11. The molecule has 0 heterocycles. The number of methoxy groups -OCH3 is 3. The van der Waals surface area contributed by atoms with Crippen molar-refractivity contribution in [2.75, 3.05) is 28.4 Å². The maximum absolute atomic E-state index is 12.6. The van der Waals surface area contributed by atoms with Crippen molar-refractivity contribution in [2.45, 2.75) is 19.4 Å². The van der Waals surface area contributed by atoms with Crippen molar-refractivity contribution in [3.05, 3.63) is 65.7 Å². The molecule has 1 amide bonds. The van der Waals surface area contributed by atoms with Gasteiger partial charge >= 0.3 is 0 Å². The van der Waals surface area contributed by atoms with Crippen molar-refractivity contribution >= 4 is 16.7 Å². The molecule has 3 aromatic rings. The topological polar surface area (TPSA) is 48.0 Å². The van der Waals surface area contributed by atoms with Crippen molar-refractivity contribution in [3.8, 4) is 17.2 Å². The van der Waals surface area contributed by atoms with E-state index in [1.54, 1.807) is 26.2 Å². The Hall–Kier alpha value is -3.21. The maximum atomic E-state index is 12.6. The fourth-order valence-electron chi connectivity index (χ4n) is 3.34. The first kappa shape index (κ1) is 20.5. The van der Waals surface area contributed by atoms with Gasteiger partial charge in [0, 0.05) is 20.0 Å². The van der Waals surface area contributed by atoms with Crippen LogP contribution in [0.2, 0.25) is 0 Å². The van der Waals surface area contributed by atoms with Crippen LogP contribution < -0.4 is 14.2 Å². The minimum absolute atomic E-state index is 0.106. The van der Waals surface area contributed by atoms with Crippen LogP contribution in [0, 0.1) is 0 Å². The zero-order valence-electron chi connectivity index (χ0n) is 17.4. The van der Waals surface area contributed by atoms with Crippen molar-refractivity contribution in [2.24, 2.45) is 0 Å². The van der Waals surface area contributed by atoms with Gasteiger partial charge in [0.1, 0.15) is 5.75 Å². The number of amides is 1. The molecule has 0 radical (unpaired) electrons. The van der Waals surface area contributed by atoms with Crippen LogP contribution in [0.1, 0.15) is 17.5 Å². The molecule has 0 fully saturated rings. The smallest absolute Gasteiger partial charge is 0.222 e. The van der Waals surface area contributed by atoms with Gasteiger partial charge in [-0.2, -0.15) is 0 Å². The molecule has 0 N–H and O–H groups in total. The molecule has 0 saturated heterocycles. The van der Waals surface area contributed by atoms with E-state index in [0.29, 0.717) is 30.9 Å². The molecular formula is C24H27NO4. The lowest BCUT2D eigenvalue weighted by molar-refractivity contribution is -0.130. The Morgan fingerprint density at radius 2 is 1.48 bits per heavy atom. The summed E-state index contributed by atoms with van der Waals surface area (Å²) in [5.74, 6) is 2.31. The van der Waals surface area contributed by atoms with Crippen LogP contribution in [0.4, 0.5) is 0 Å². The highest BCUT2D eigenvalue weighted by Crippen LogP contribution is 2.28. The zero-order chi connectivity index (χ0) is 20.8. The lowest BCUT2D eigenvalue weighted by atomic mass is 10.1. The summed E-state index contributed by atoms with van der Waals surface area (Å²) >= 11 is 0. The molecule has 0 spiro atoms. The second-order valence-electron chi connectivity index (χ2n) is 6.99. The van der Waals surface area contributed by atoms with Crippen LogP contribution in [0.5, 0.6) is 17.2 Å². The first-order valence-electron chi connectivity index (χ1n) is 9.55. The first-order valence-corrected chi connectivity index (χ1v) is 9.55. The highest BCUT2D eigenvalue weighted by molar-refractivity contribution is 5.84. The third kappa shape index (κ3) is 4.99. The number of fused-ring (bicyclic) bond motifs is 1. The summed E-state index contributed by atoms with van der Waals surface area (Å²) in [6.45, 7) is 0.576. The summed E-state index contributed by atoms with van der Waals surface area (Å²) in [4.78, 5) is 14.4. The molecule has 0 saturated carbocycles. The Kier molecular flexibility index (Phi) is 6.60. The van der Waals surface area contributed by atoms with E-state index in [2.05, 4.69) is 18.2 Å². The number of ether oxygens (including phenoxy) is 3. The van der Waals surface area contributed by atoms with Gasteiger partial charge in [-0.15, -0.1) is 0 Å². The van der Waals surface area contributed by atoms with Gasteiger partial charge in [0.25, 0.3) is 0 Å². The molecule has 0 bridgehead atoms. The van der Waals surface area contributed by atoms with Gasteiger partial charge in [-0.1, -0.05) is 24.3 Å². The number of hydrogen-bond donors (Lipinski definition) is 0. The molecule has 5 heteroatoms. The Bertz CT molecular complexity index is 999. The summed E-state index contributed by atoms with van der Waals surface area (Å²) in [5, 5.41) is 2.25. The van der Waals surface area contributed by atoms with E-state index in [4.69, 9.17) is 14.2 Å². The molecule has 3 aromatic carbocycles. The number of rotatable bonds is 8. The fraction of sp³-hybridized carbons (Fsp3) is 0.292. The minimum Gasteiger partial charge on any atom is -0.497 e. The zero-order valence-corrected chi connectivity index (χ0v) is 17.4. The van der Waals surface area contributed by atoms with Crippen LogP contribution in [0.3, 0.4) is 0 Å². The van der Waals surface area contributed by atoms with Crippen LogP contribution in [-0.4, -0.2) is 39.2 Å². The third-order valence-corrected chi connectivity index (χ3v) is 5.03. The average molecular weight is 393 g/mol. The summed E-state index contributed by atoms with van der Waals surface area (Å²) in [7, 11) is 6.73. The monoisotopic (exact) mass is 393 g/mol. The fourth-order valence-corrected chi connectivity index (χ4v) is 3.34. The molecular weight excluding hydrogens is 366 g/mol. The van der Waals surface area contributed by atoms with Crippen LogP contribution >= 0.6 is 0 Å². The van der Waals surface area contributed by atoms with Crippen LogP contribution in [0.25, 0.3) is 10.8 Å². The van der Waals surface area contributed by atoms with Crippen LogP contribution in [0.15, 0.2) is 54.6 Å². The van der Waals surface area contributed by atoms with Gasteiger partial charge in [0.15, 0.2) is 11.5 Å². The average Bonchev–Trinajstić information content (AvgIpc) is 2.76. The molecule has 0 aromatic heterocycles. The van der Waals surface area contributed by atoms with Crippen molar-refractivity contribution in [3.63, 3.8) is 0 Å². The SMILES string of the molecule is COc1ccc2cc(CN(C)C(=O)CCc3ccc(OC)c(OC)c3)ccc2c1. The molecule has 3 rings (SSSR count). The molecule has 0 aliphatic heterocycles. The van der Waals surface area contributed by atoms with Crippen LogP contribution in [-0.2, 0) is 17.8 Å². The second kappa shape index (κ2) is 9.32. The third-order valence-electron chi connectivity index (χ3n) is 5.03. The Morgan fingerprint density at radius 1 is 0.793 bits per heavy atom. The van der Waals surface area contributed by atoms with E-state index < -0.39 is 0 Å². The summed E-state index contributed by atoms with van der Waals surface area (Å²) in [6, 6.07) is 18.0. The molecule has 0 aliphatic rings. The summed E-state index contributed by atoms with van der Waals surface area (Å²) in [5.41, 5.74) is 2.15. The number of aryl methyl sites for hydroxylation is 1. The molecule has 0 unspecified atom stereocenters. The van der Waals surface area contributed by atoms with Gasteiger partial charge < -0.3 is 19.1 Å². The highest BCUT2D eigenvalue weighted by atomic mass is 16.5. The maximum Gasteiger partial charge on any atom is 0.222 e. The molecule has 5 nitrogen and oxygen atoms in total. The molecule has 152 valence electrons. The number of carbonyl (C=O) groups excluding carboxylic acids is 1. The normalized spacial score (nSPS) is 10.6. The Morgan fingerprint density at radius 3 is 2.21 bits per heavy atom. The van der Waals surface area contributed by atoms with E-state index in [0.717, 1.165) is 27.6 Å². The lowest BCUT2D eigenvalue weighted by Gasteiger charge is -2.18. The summed E-state index contributed by atoms with van der Waals surface area (Å²) in [6.07, 6.45) is 1.10. The summed E-state index contributed by atoms with van der Waals surface area (Å²) < 4.78 is 15.9. The van der Waals surface area contributed by atoms with E-state index in [9.17, 15) is 4.79 Å². The number of benzene rings is 3. The molecule has 0 aliphatic carbocycles. The second-order valence-corrected chi connectivity index (χ2v) is 6.99. The van der Waals surface area contributed by atoms with Gasteiger partial charge in [-0.05, 0) is 58.7 Å². The van der Waals surface area contributed by atoms with E-state index >= 15 is 0 Å². The molecule has 0 atom stereocenters. The van der Waals surface area contributed by atoms with Gasteiger partial charge in [0.2, 0.25) is 5.91 Å². The largest absolute Gasteiger partial charge is 0.497 e. The number of carbonyl (C=O) groups is 1. The van der Waals surface area contributed by atoms with Gasteiger partial charge in [-0.3, -0.25) is 4.79 Å². The predicted octanol–water partition coefficient (Wildman–Crippen LogP) is 4.46. The van der Waals surface area contributed by atoms with Gasteiger partial charge in [-0.25, -0.2) is 0 Å². The van der Waals surface area contributed by atoms with E-state index in [1.165, 1.54) is 0 Å². The van der Waals surface area contributed by atoms with Crippen molar-refractivity contribution < 1.29 is 19.0 Å². The Balaban J connectivity index is 1.61. The lowest BCUT2D eigenvalue weighted by Crippen LogP contribution is -2.26. The first-order chi connectivity index (χ1) is 14.0. The number of hydrogen-bond acceptors (Lipinski definition) is 4. The van der Waals surface area contributed by atoms with Crippen molar-refractivity contribution in [1.29, 1.82) is 0 Å².